The number of nitro benzene ring substituents is 1. The van der Waals surface area contributed by atoms with Gasteiger partial charge in [-0.3, -0.25) is 15.0 Å². The summed E-state index contributed by atoms with van der Waals surface area (Å²) in [7, 11) is 0. The Balaban J connectivity index is 1.60. The van der Waals surface area contributed by atoms with E-state index in [-0.39, 0.29) is 10.6 Å². The molecule has 3 rings (SSSR count). The van der Waals surface area contributed by atoms with E-state index in [9.17, 15) is 15.2 Å². The van der Waals surface area contributed by atoms with Crippen LogP contribution < -0.4 is 4.90 Å². The van der Waals surface area contributed by atoms with Gasteiger partial charge in [-0.1, -0.05) is 6.92 Å². The smallest absolute Gasteiger partial charge is 0.269 e. The zero-order valence-electron chi connectivity index (χ0n) is 16.6. The van der Waals surface area contributed by atoms with Gasteiger partial charge in [-0.05, 0) is 69.0 Å². The number of rotatable bonds is 9. The molecule has 6 nitrogen and oxygen atoms in total. The highest BCUT2D eigenvalue weighted by Crippen LogP contribution is 2.37. The lowest BCUT2D eigenvalue weighted by molar-refractivity contribution is -0.384. The lowest BCUT2D eigenvalue weighted by atomic mass is 9.98. The van der Waals surface area contributed by atoms with Gasteiger partial charge in [0.2, 0.25) is 0 Å². The summed E-state index contributed by atoms with van der Waals surface area (Å²) >= 11 is 0. The summed E-state index contributed by atoms with van der Waals surface area (Å²) < 4.78 is 0. The molecule has 2 aliphatic rings. The molecule has 1 heterocycles. The molecule has 1 saturated heterocycles. The Labute approximate surface area is 162 Å². The van der Waals surface area contributed by atoms with E-state index in [4.69, 9.17) is 0 Å². The maximum Gasteiger partial charge on any atom is 0.269 e. The van der Waals surface area contributed by atoms with Gasteiger partial charge in [0.25, 0.3) is 5.69 Å². The zero-order valence-corrected chi connectivity index (χ0v) is 16.6. The van der Waals surface area contributed by atoms with Crippen LogP contribution in [-0.2, 0) is 0 Å². The first-order chi connectivity index (χ1) is 13.0. The van der Waals surface area contributed by atoms with Gasteiger partial charge in [0.05, 0.1) is 4.92 Å². The van der Waals surface area contributed by atoms with Crippen LogP contribution in [0.25, 0.3) is 0 Å². The maximum absolute atomic E-state index is 11.0. The SMILES string of the molecule is CCCN(CC(CO)C1CC1)C1CCN(c2ccc([N+](=O)[O-])cc2C)CC1. The van der Waals surface area contributed by atoms with E-state index < -0.39 is 0 Å². The van der Waals surface area contributed by atoms with Crippen LogP contribution in [0.5, 0.6) is 0 Å². The molecule has 1 aliphatic carbocycles. The number of piperidine rings is 1. The van der Waals surface area contributed by atoms with Gasteiger partial charge >= 0.3 is 0 Å². The number of aryl methyl sites for hydroxylation is 1. The topological polar surface area (TPSA) is 69.8 Å². The highest BCUT2D eigenvalue weighted by molar-refractivity contribution is 5.57. The predicted molar refractivity (Wildman–Crippen MR) is 108 cm³/mol. The fraction of sp³-hybridized carbons (Fsp3) is 0.714. The van der Waals surface area contributed by atoms with Crippen molar-refractivity contribution in [3.05, 3.63) is 33.9 Å². The number of aliphatic hydroxyl groups excluding tert-OH is 1. The Hall–Kier alpha value is -1.66. The molecule has 0 radical (unpaired) electrons. The lowest BCUT2D eigenvalue weighted by Crippen LogP contribution is -2.47. The third kappa shape index (κ3) is 4.99. The molecule has 1 saturated carbocycles. The van der Waals surface area contributed by atoms with Gasteiger partial charge in [0, 0.05) is 50.1 Å². The number of nitro groups is 1. The molecule has 150 valence electrons. The Kier molecular flexibility index (Phi) is 6.71. The summed E-state index contributed by atoms with van der Waals surface area (Å²) in [5, 5.41) is 20.7. The van der Waals surface area contributed by atoms with Crippen molar-refractivity contribution < 1.29 is 10.0 Å². The number of benzene rings is 1. The molecular weight excluding hydrogens is 342 g/mol. The van der Waals surface area contributed by atoms with E-state index in [0.29, 0.717) is 18.6 Å². The van der Waals surface area contributed by atoms with Gasteiger partial charge in [-0.2, -0.15) is 0 Å². The van der Waals surface area contributed by atoms with Gasteiger partial charge < -0.3 is 10.0 Å². The van der Waals surface area contributed by atoms with E-state index in [0.717, 1.165) is 62.6 Å². The van der Waals surface area contributed by atoms with Gasteiger partial charge in [0.1, 0.15) is 0 Å². The van der Waals surface area contributed by atoms with E-state index in [1.165, 1.54) is 12.8 Å². The Morgan fingerprint density at radius 2 is 2.00 bits per heavy atom. The predicted octanol–water partition coefficient (Wildman–Crippen LogP) is 3.60. The van der Waals surface area contributed by atoms with E-state index in [2.05, 4.69) is 16.7 Å². The van der Waals surface area contributed by atoms with Gasteiger partial charge in [-0.15, -0.1) is 0 Å². The van der Waals surface area contributed by atoms with Crippen LogP contribution >= 0.6 is 0 Å². The molecule has 1 unspecified atom stereocenters. The average molecular weight is 376 g/mol. The second kappa shape index (κ2) is 9.02. The molecule has 1 aromatic carbocycles. The maximum atomic E-state index is 11.0. The molecule has 1 N–H and O–H groups in total. The zero-order chi connectivity index (χ0) is 19.4. The third-order valence-electron chi connectivity index (χ3n) is 6.22. The second-order valence-corrected chi connectivity index (χ2v) is 8.22. The first-order valence-corrected chi connectivity index (χ1v) is 10.4. The van der Waals surface area contributed by atoms with Crippen molar-refractivity contribution in [3.63, 3.8) is 0 Å². The van der Waals surface area contributed by atoms with Crippen LogP contribution in [0.1, 0.15) is 44.6 Å². The van der Waals surface area contributed by atoms with Gasteiger partial charge in [0.15, 0.2) is 0 Å². The quantitative estimate of drug-likeness (QED) is 0.527. The number of non-ortho nitro benzene ring substituents is 1. The molecular formula is C21H33N3O3. The minimum absolute atomic E-state index is 0.162. The van der Waals surface area contributed by atoms with Crippen LogP contribution in [0.15, 0.2) is 18.2 Å². The summed E-state index contributed by atoms with van der Waals surface area (Å²) in [4.78, 5) is 15.6. The first kappa shape index (κ1) is 20.1. The second-order valence-electron chi connectivity index (χ2n) is 8.22. The number of hydrogen-bond donors (Lipinski definition) is 1. The highest BCUT2D eigenvalue weighted by Gasteiger charge is 2.34. The Morgan fingerprint density at radius 3 is 2.52 bits per heavy atom. The molecule has 1 aliphatic heterocycles. The van der Waals surface area contributed by atoms with Crippen molar-refractivity contribution in [1.29, 1.82) is 0 Å². The third-order valence-corrected chi connectivity index (χ3v) is 6.22. The van der Waals surface area contributed by atoms with E-state index >= 15 is 0 Å². The molecule has 1 atom stereocenters. The standard InChI is InChI=1S/C21H33N3O3/c1-3-10-23(14-18(15-25)17-4-5-17)19-8-11-22(12-9-19)21-7-6-20(24(26)27)13-16(21)2/h6-7,13,17-19,25H,3-5,8-12,14-15H2,1-2H3. The van der Waals surface area contributed by atoms with Crippen LogP contribution in [0.3, 0.4) is 0 Å². The lowest BCUT2D eigenvalue weighted by Gasteiger charge is -2.41. The summed E-state index contributed by atoms with van der Waals surface area (Å²) in [6.45, 7) is 8.59. The fourth-order valence-corrected chi connectivity index (χ4v) is 4.51. The van der Waals surface area contributed by atoms with Crippen molar-refractivity contribution in [3.8, 4) is 0 Å². The normalized spacial score (nSPS) is 19.5. The monoisotopic (exact) mass is 375 g/mol. The first-order valence-electron chi connectivity index (χ1n) is 10.4. The summed E-state index contributed by atoms with van der Waals surface area (Å²) in [5.41, 5.74) is 2.25. The van der Waals surface area contributed by atoms with Crippen molar-refractivity contribution in [1.82, 2.24) is 4.90 Å². The molecule has 0 aromatic heterocycles. The molecule has 2 fully saturated rings. The largest absolute Gasteiger partial charge is 0.396 e. The Bertz CT molecular complexity index is 640. The molecule has 0 amide bonds. The summed E-state index contributed by atoms with van der Waals surface area (Å²) in [6, 6.07) is 5.75. The number of nitrogens with zero attached hydrogens (tertiary/aromatic N) is 3. The Morgan fingerprint density at radius 1 is 1.30 bits per heavy atom. The highest BCUT2D eigenvalue weighted by atomic mass is 16.6. The van der Waals surface area contributed by atoms with Crippen LogP contribution in [0, 0.1) is 28.9 Å². The molecule has 27 heavy (non-hydrogen) atoms. The number of anilines is 1. The fourth-order valence-electron chi connectivity index (χ4n) is 4.51. The molecule has 6 heteroatoms. The van der Waals surface area contributed by atoms with Crippen molar-refractivity contribution in [2.24, 2.45) is 11.8 Å². The van der Waals surface area contributed by atoms with Crippen molar-refractivity contribution in [2.75, 3.05) is 37.7 Å². The molecule has 1 aromatic rings. The van der Waals surface area contributed by atoms with Crippen molar-refractivity contribution >= 4 is 11.4 Å². The van der Waals surface area contributed by atoms with E-state index in [1.54, 1.807) is 12.1 Å². The van der Waals surface area contributed by atoms with Crippen molar-refractivity contribution in [2.45, 2.75) is 52.0 Å². The minimum Gasteiger partial charge on any atom is -0.396 e. The summed E-state index contributed by atoms with van der Waals surface area (Å²) in [6.07, 6.45) is 5.93. The number of aliphatic hydroxyl groups is 1. The van der Waals surface area contributed by atoms with Crippen LogP contribution in [0.4, 0.5) is 11.4 Å². The van der Waals surface area contributed by atoms with Crippen LogP contribution in [-0.4, -0.2) is 53.8 Å². The summed E-state index contributed by atoms with van der Waals surface area (Å²) in [5.74, 6) is 1.17. The van der Waals surface area contributed by atoms with Crippen LogP contribution in [0.2, 0.25) is 0 Å². The minimum atomic E-state index is -0.330. The molecule has 0 spiro atoms. The van der Waals surface area contributed by atoms with E-state index in [1.807, 2.05) is 13.0 Å². The van der Waals surface area contributed by atoms with Gasteiger partial charge in [-0.25, -0.2) is 0 Å². The average Bonchev–Trinajstić information content (AvgIpc) is 3.50. The number of hydrogen-bond acceptors (Lipinski definition) is 5. The molecule has 0 bridgehead atoms.